The van der Waals surface area contributed by atoms with Crippen molar-refractivity contribution in [2.75, 3.05) is 30.4 Å². The van der Waals surface area contributed by atoms with E-state index in [4.69, 9.17) is 27.9 Å². The predicted molar refractivity (Wildman–Crippen MR) is 102 cm³/mol. The Labute approximate surface area is 161 Å². The van der Waals surface area contributed by atoms with Crippen LogP contribution in [0.25, 0.3) is 0 Å². The zero-order valence-corrected chi connectivity index (χ0v) is 15.5. The summed E-state index contributed by atoms with van der Waals surface area (Å²) < 4.78 is 5.73. The van der Waals surface area contributed by atoms with E-state index in [9.17, 15) is 9.59 Å². The van der Waals surface area contributed by atoms with Crippen LogP contribution in [-0.2, 0) is 9.59 Å². The van der Waals surface area contributed by atoms with Gasteiger partial charge in [0.25, 0.3) is 5.91 Å². The molecule has 8 heteroatoms. The van der Waals surface area contributed by atoms with Crippen LogP contribution in [-0.4, -0.2) is 38.1 Å². The second-order valence-corrected chi connectivity index (χ2v) is 6.58. The molecule has 3 rings (SSSR count). The smallest absolute Gasteiger partial charge is 0.262 e. The van der Waals surface area contributed by atoms with Crippen molar-refractivity contribution in [1.82, 2.24) is 5.32 Å². The van der Waals surface area contributed by atoms with Crippen LogP contribution in [0.5, 0.6) is 5.75 Å². The molecule has 1 aliphatic heterocycles. The molecule has 0 bridgehead atoms. The predicted octanol–water partition coefficient (Wildman–Crippen LogP) is 2.95. The standard InChI is InChI=1S/C18H17Cl2N3O3/c1-21-18(25)16-9-23(14-4-2-3-5-15(14)26-16)10-17(24)22-13-7-6-11(19)8-12(13)20/h2-8,16H,9-10H2,1H3,(H,21,25)(H,22,24). The van der Waals surface area contributed by atoms with Gasteiger partial charge in [-0.15, -0.1) is 0 Å². The maximum atomic E-state index is 12.5. The van der Waals surface area contributed by atoms with Gasteiger partial charge in [-0.1, -0.05) is 35.3 Å². The summed E-state index contributed by atoms with van der Waals surface area (Å²) in [4.78, 5) is 26.3. The summed E-state index contributed by atoms with van der Waals surface area (Å²) in [6.07, 6.45) is -0.693. The zero-order valence-electron chi connectivity index (χ0n) is 14.0. The number of ether oxygens (including phenoxy) is 1. The Morgan fingerprint density at radius 3 is 2.73 bits per heavy atom. The topological polar surface area (TPSA) is 70.7 Å². The molecule has 0 radical (unpaired) electrons. The molecule has 136 valence electrons. The highest BCUT2D eigenvalue weighted by Gasteiger charge is 2.31. The van der Waals surface area contributed by atoms with Crippen molar-refractivity contribution in [3.63, 3.8) is 0 Å². The molecule has 0 fully saturated rings. The fourth-order valence-electron chi connectivity index (χ4n) is 2.71. The molecule has 1 aliphatic rings. The summed E-state index contributed by atoms with van der Waals surface area (Å²) in [5.74, 6) is 0.0527. The molecule has 2 aromatic rings. The van der Waals surface area contributed by atoms with Crippen LogP contribution in [0.1, 0.15) is 0 Å². The number of benzene rings is 2. The number of nitrogens with zero attached hydrogens (tertiary/aromatic N) is 1. The van der Waals surface area contributed by atoms with Gasteiger partial charge in [0.2, 0.25) is 5.91 Å². The average molecular weight is 394 g/mol. The number of carbonyl (C=O) groups excluding carboxylic acids is 2. The first kappa shape index (κ1) is 18.4. The number of halogens is 2. The van der Waals surface area contributed by atoms with Crippen molar-refractivity contribution >= 4 is 46.4 Å². The molecule has 6 nitrogen and oxygen atoms in total. The molecule has 0 saturated heterocycles. The van der Waals surface area contributed by atoms with Gasteiger partial charge < -0.3 is 20.3 Å². The van der Waals surface area contributed by atoms with Gasteiger partial charge in [0.15, 0.2) is 6.10 Å². The first-order valence-electron chi connectivity index (χ1n) is 7.95. The number of likely N-dealkylation sites (N-methyl/N-ethyl adjacent to an activating group) is 1. The van der Waals surface area contributed by atoms with E-state index < -0.39 is 6.10 Å². The summed E-state index contributed by atoms with van der Waals surface area (Å²) >= 11 is 12.0. The monoisotopic (exact) mass is 393 g/mol. The lowest BCUT2D eigenvalue weighted by molar-refractivity contribution is -0.127. The van der Waals surface area contributed by atoms with E-state index >= 15 is 0 Å². The number of anilines is 2. The van der Waals surface area contributed by atoms with Crippen LogP contribution in [0.2, 0.25) is 10.0 Å². The number of hydrogen-bond acceptors (Lipinski definition) is 4. The molecule has 2 amide bonds. The second kappa shape index (κ2) is 7.85. The van der Waals surface area contributed by atoms with Gasteiger partial charge in [-0.2, -0.15) is 0 Å². The number of nitrogens with one attached hydrogen (secondary N) is 2. The maximum absolute atomic E-state index is 12.5. The molecule has 0 aromatic heterocycles. The summed E-state index contributed by atoms with van der Waals surface area (Å²) in [7, 11) is 1.55. The van der Waals surface area contributed by atoms with Gasteiger partial charge in [-0.25, -0.2) is 0 Å². The Morgan fingerprint density at radius 2 is 2.00 bits per heavy atom. The molecular weight excluding hydrogens is 377 g/mol. The summed E-state index contributed by atoms with van der Waals surface area (Å²) in [6.45, 7) is 0.311. The normalized spacial score (nSPS) is 15.7. The van der Waals surface area contributed by atoms with Crippen LogP contribution in [0.3, 0.4) is 0 Å². The average Bonchev–Trinajstić information content (AvgIpc) is 2.63. The number of carbonyl (C=O) groups is 2. The lowest BCUT2D eigenvalue weighted by atomic mass is 10.1. The minimum Gasteiger partial charge on any atom is -0.477 e. The van der Waals surface area contributed by atoms with Crippen molar-refractivity contribution in [2.24, 2.45) is 0 Å². The van der Waals surface area contributed by atoms with Crippen molar-refractivity contribution in [1.29, 1.82) is 0 Å². The number of para-hydroxylation sites is 2. The van der Waals surface area contributed by atoms with E-state index in [0.29, 0.717) is 21.5 Å². The van der Waals surface area contributed by atoms with Crippen molar-refractivity contribution in [2.45, 2.75) is 6.10 Å². The van der Waals surface area contributed by atoms with Gasteiger partial charge in [-0.3, -0.25) is 9.59 Å². The van der Waals surface area contributed by atoms with Crippen molar-refractivity contribution < 1.29 is 14.3 Å². The molecule has 1 heterocycles. The van der Waals surface area contributed by atoms with Crippen molar-refractivity contribution in [3.05, 3.63) is 52.5 Å². The number of rotatable bonds is 4. The minimum absolute atomic E-state index is 0.0484. The second-order valence-electron chi connectivity index (χ2n) is 5.74. The van der Waals surface area contributed by atoms with Crippen LogP contribution in [0.15, 0.2) is 42.5 Å². The molecule has 2 aromatic carbocycles. The minimum atomic E-state index is -0.693. The number of amides is 2. The summed E-state index contributed by atoms with van der Waals surface area (Å²) in [5.41, 5.74) is 1.23. The largest absolute Gasteiger partial charge is 0.477 e. The number of hydrogen-bond donors (Lipinski definition) is 2. The summed E-state index contributed by atoms with van der Waals surface area (Å²) in [6, 6.07) is 12.1. The van der Waals surface area contributed by atoms with Crippen LogP contribution in [0.4, 0.5) is 11.4 Å². The van der Waals surface area contributed by atoms with E-state index in [-0.39, 0.29) is 24.9 Å². The first-order valence-corrected chi connectivity index (χ1v) is 8.70. The fourth-order valence-corrected chi connectivity index (χ4v) is 3.16. The Bertz CT molecular complexity index is 844. The molecule has 0 spiro atoms. The third-order valence-electron chi connectivity index (χ3n) is 3.94. The lowest BCUT2D eigenvalue weighted by Gasteiger charge is -2.35. The van der Waals surface area contributed by atoms with Crippen LogP contribution in [0, 0.1) is 0 Å². The maximum Gasteiger partial charge on any atom is 0.262 e. The molecule has 0 aliphatic carbocycles. The van der Waals surface area contributed by atoms with E-state index in [0.717, 1.165) is 5.69 Å². The zero-order chi connectivity index (χ0) is 18.7. The van der Waals surface area contributed by atoms with Gasteiger partial charge in [0.05, 0.1) is 29.5 Å². The van der Waals surface area contributed by atoms with Crippen LogP contribution >= 0.6 is 23.2 Å². The third kappa shape index (κ3) is 4.03. The molecule has 0 saturated carbocycles. The van der Waals surface area contributed by atoms with Gasteiger partial charge in [-0.05, 0) is 30.3 Å². The third-order valence-corrected chi connectivity index (χ3v) is 4.49. The molecular formula is C18H17Cl2N3O3. The molecule has 1 atom stereocenters. The molecule has 2 N–H and O–H groups in total. The van der Waals surface area contributed by atoms with Gasteiger partial charge in [0, 0.05) is 12.1 Å². The van der Waals surface area contributed by atoms with Crippen molar-refractivity contribution in [3.8, 4) is 5.75 Å². The lowest BCUT2D eigenvalue weighted by Crippen LogP contribution is -2.50. The SMILES string of the molecule is CNC(=O)C1CN(CC(=O)Nc2ccc(Cl)cc2Cl)c2ccccc2O1. The highest BCUT2D eigenvalue weighted by molar-refractivity contribution is 6.36. The van der Waals surface area contributed by atoms with E-state index in [1.54, 1.807) is 36.2 Å². The van der Waals surface area contributed by atoms with Gasteiger partial charge in [0.1, 0.15) is 5.75 Å². The Morgan fingerprint density at radius 1 is 1.23 bits per heavy atom. The Balaban J connectivity index is 1.76. The fraction of sp³-hybridized carbons (Fsp3) is 0.222. The highest BCUT2D eigenvalue weighted by Crippen LogP contribution is 2.33. The molecule has 26 heavy (non-hydrogen) atoms. The Hall–Kier alpha value is -2.44. The molecule has 1 unspecified atom stereocenters. The highest BCUT2D eigenvalue weighted by atomic mass is 35.5. The van der Waals surface area contributed by atoms with E-state index in [1.165, 1.54) is 0 Å². The van der Waals surface area contributed by atoms with Crippen LogP contribution < -0.4 is 20.3 Å². The summed E-state index contributed by atoms with van der Waals surface area (Å²) in [5, 5.41) is 6.18. The van der Waals surface area contributed by atoms with E-state index in [1.807, 2.05) is 18.2 Å². The first-order chi connectivity index (χ1) is 12.5. The Kier molecular flexibility index (Phi) is 5.54. The number of fused-ring (bicyclic) bond motifs is 1. The quantitative estimate of drug-likeness (QED) is 0.837. The van der Waals surface area contributed by atoms with Gasteiger partial charge >= 0.3 is 0 Å². The van der Waals surface area contributed by atoms with E-state index in [2.05, 4.69) is 10.6 Å².